The predicted molar refractivity (Wildman–Crippen MR) is 181 cm³/mol. The molecule has 2 aliphatic heterocycles. The lowest BCUT2D eigenvalue weighted by Crippen LogP contribution is -2.38. The summed E-state index contributed by atoms with van der Waals surface area (Å²) in [5.74, 6) is -1.28. The van der Waals surface area contributed by atoms with Gasteiger partial charge in [-0.15, -0.1) is 0 Å². The van der Waals surface area contributed by atoms with Crippen molar-refractivity contribution in [2.24, 2.45) is 5.92 Å². The lowest BCUT2D eigenvalue weighted by molar-refractivity contribution is -0.129. The third kappa shape index (κ3) is 6.24. The molecule has 4 aromatic rings. The van der Waals surface area contributed by atoms with Crippen molar-refractivity contribution in [3.05, 3.63) is 93.3 Å². The maximum Gasteiger partial charge on any atom is 0.411 e. The topological polar surface area (TPSA) is 101 Å². The molecule has 0 unspecified atom stereocenters. The number of methoxy groups -OCH3 is 1. The number of para-hydroxylation sites is 1. The first kappa shape index (κ1) is 31.7. The molecule has 6 rings (SSSR count). The van der Waals surface area contributed by atoms with Crippen LogP contribution in [0.1, 0.15) is 49.9 Å². The number of rotatable bonds is 3. The fraction of sp³-hybridized carbons (Fsp3) is 0.257. The van der Waals surface area contributed by atoms with E-state index in [0.29, 0.717) is 59.2 Å². The van der Waals surface area contributed by atoms with Crippen molar-refractivity contribution in [1.29, 1.82) is 0 Å². The second-order valence-electron chi connectivity index (χ2n) is 11.5. The molecule has 0 saturated heterocycles. The Labute approximate surface area is 279 Å². The molecule has 0 saturated carbocycles. The van der Waals surface area contributed by atoms with Crippen LogP contribution in [0, 0.1) is 11.7 Å². The smallest absolute Gasteiger partial charge is 0.411 e. The van der Waals surface area contributed by atoms with Gasteiger partial charge in [0.25, 0.3) is 0 Å². The van der Waals surface area contributed by atoms with Crippen molar-refractivity contribution in [1.82, 2.24) is 9.88 Å². The van der Waals surface area contributed by atoms with Crippen molar-refractivity contribution >= 4 is 73.3 Å². The maximum absolute atomic E-state index is 15.1. The van der Waals surface area contributed by atoms with Crippen LogP contribution in [0.3, 0.4) is 0 Å². The number of halogens is 3. The van der Waals surface area contributed by atoms with Crippen LogP contribution in [0.25, 0.3) is 27.6 Å². The van der Waals surface area contributed by atoms with Crippen LogP contribution in [0.4, 0.5) is 20.6 Å². The third-order valence-electron chi connectivity index (χ3n) is 8.58. The standard InChI is InChI=1S/C35H31BrClFN4O4/c1-19-6-5-9-30(42-15-14-20(16-31(42)43)32-25(36)12-13-26(37)33(32)38)29-18-24(22-7-3-4-8-27(22)40-29)23-11-10-21(39-35(45)46-2)17-28(23)41-34(19)44/h3-4,7-8,10-13,16-19,30H,5-6,9,14-15H2,1-2H3,(H,39,45)(H,41,44)/t19-,30+/m1/s1. The number of carbonyl (C=O) groups excluding carboxylic acids is 3. The number of anilines is 2. The number of benzene rings is 3. The summed E-state index contributed by atoms with van der Waals surface area (Å²) in [4.78, 5) is 46.0. The molecule has 46 heavy (non-hydrogen) atoms. The molecule has 8 nitrogen and oxygen atoms in total. The Bertz CT molecular complexity index is 1920. The van der Waals surface area contributed by atoms with Crippen LogP contribution in [-0.4, -0.2) is 41.4 Å². The van der Waals surface area contributed by atoms with Gasteiger partial charge in [-0.05, 0) is 66.8 Å². The maximum atomic E-state index is 15.1. The molecule has 2 aliphatic rings. The van der Waals surface area contributed by atoms with Crippen molar-refractivity contribution in [2.45, 2.75) is 38.6 Å². The van der Waals surface area contributed by atoms with E-state index in [1.807, 2.05) is 43.3 Å². The summed E-state index contributed by atoms with van der Waals surface area (Å²) in [6.07, 6.45) is 3.12. The largest absolute Gasteiger partial charge is 0.453 e. The quantitative estimate of drug-likeness (QED) is 0.208. The summed E-state index contributed by atoms with van der Waals surface area (Å²) in [7, 11) is 1.28. The predicted octanol–water partition coefficient (Wildman–Crippen LogP) is 8.75. The van der Waals surface area contributed by atoms with E-state index in [0.717, 1.165) is 27.7 Å². The Morgan fingerprint density at radius 1 is 1.11 bits per heavy atom. The van der Waals surface area contributed by atoms with Crippen LogP contribution in [0.15, 0.2) is 71.2 Å². The highest BCUT2D eigenvalue weighted by Gasteiger charge is 2.32. The van der Waals surface area contributed by atoms with Gasteiger partial charge >= 0.3 is 6.09 Å². The first-order chi connectivity index (χ1) is 22.1. The molecule has 3 amide bonds. The lowest BCUT2D eigenvalue weighted by Gasteiger charge is -2.35. The number of pyridine rings is 1. The normalized spacial score (nSPS) is 18.5. The SMILES string of the molecule is COC(=O)Nc1ccc2c(c1)NC(=O)[C@H](C)CCC[C@H](N1CCC(c3c(Br)ccc(Cl)c3F)=CC1=O)c1cc-2c2ccccc2n1. The van der Waals surface area contributed by atoms with Gasteiger partial charge in [0, 0.05) is 45.2 Å². The molecule has 1 aromatic heterocycles. The first-order valence-electron chi connectivity index (χ1n) is 15.0. The zero-order valence-electron chi connectivity index (χ0n) is 25.2. The van der Waals surface area contributed by atoms with E-state index < -0.39 is 11.9 Å². The molecule has 0 radical (unpaired) electrons. The molecule has 3 heterocycles. The minimum atomic E-state index is -0.624. The Balaban J connectivity index is 1.48. The number of hydrogen-bond donors (Lipinski definition) is 2. The molecule has 2 atom stereocenters. The van der Waals surface area contributed by atoms with Crippen molar-refractivity contribution in [3.8, 4) is 11.1 Å². The van der Waals surface area contributed by atoms with Crippen LogP contribution in [-0.2, 0) is 14.3 Å². The van der Waals surface area contributed by atoms with Crippen molar-refractivity contribution in [3.63, 3.8) is 0 Å². The van der Waals surface area contributed by atoms with Crippen molar-refractivity contribution < 1.29 is 23.5 Å². The third-order valence-corrected chi connectivity index (χ3v) is 9.54. The molecule has 0 spiro atoms. The summed E-state index contributed by atoms with van der Waals surface area (Å²) < 4.78 is 20.4. The molecular formula is C35H31BrClFN4O4. The van der Waals surface area contributed by atoms with Crippen LogP contribution in [0.5, 0.6) is 0 Å². The fourth-order valence-corrected chi connectivity index (χ4v) is 6.89. The number of fused-ring (bicyclic) bond motifs is 6. The van der Waals surface area contributed by atoms with Gasteiger partial charge in [0.1, 0.15) is 5.82 Å². The molecule has 236 valence electrons. The summed E-state index contributed by atoms with van der Waals surface area (Å²) in [5, 5.41) is 6.61. The zero-order valence-corrected chi connectivity index (χ0v) is 27.5. The zero-order chi connectivity index (χ0) is 32.5. The van der Waals surface area contributed by atoms with Gasteiger partial charge in [-0.3, -0.25) is 19.9 Å². The van der Waals surface area contributed by atoms with E-state index in [1.165, 1.54) is 19.3 Å². The Morgan fingerprint density at radius 3 is 2.70 bits per heavy atom. The number of amides is 3. The fourth-order valence-electron chi connectivity index (χ4n) is 6.17. The highest BCUT2D eigenvalue weighted by molar-refractivity contribution is 9.10. The van der Waals surface area contributed by atoms with E-state index >= 15 is 4.39 Å². The molecule has 0 aliphatic carbocycles. The molecule has 2 bridgehead atoms. The van der Waals surface area contributed by atoms with Crippen LogP contribution in [0.2, 0.25) is 5.02 Å². The second-order valence-corrected chi connectivity index (χ2v) is 12.8. The molecule has 0 fully saturated rings. The summed E-state index contributed by atoms with van der Waals surface area (Å²) >= 11 is 9.50. The Hall–Kier alpha value is -4.28. The number of nitrogens with one attached hydrogen (secondary N) is 2. The summed E-state index contributed by atoms with van der Waals surface area (Å²) in [5.41, 5.74) is 4.88. The van der Waals surface area contributed by atoms with E-state index in [4.69, 9.17) is 21.3 Å². The monoisotopic (exact) mass is 704 g/mol. The van der Waals surface area contributed by atoms with E-state index in [-0.39, 0.29) is 28.8 Å². The summed E-state index contributed by atoms with van der Waals surface area (Å²) in [6, 6.07) is 17.8. The molecule has 3 aromatic carbocycles. The number of hydrogen-bond acceptors (Lipinski definition) is 5. The summed E-state index contributed by atoms with van der Waals surface area (Å²) in [6.45, 7) is 2.23. The average molecular weight is 706 g/mol. The molecular weight excluding hydrogens is 675 g/mol. The number of nitrogens with zero attached hydrogens (tertiary/aromatic N) is 2. The van der Waals surface area contributed by atoms with Gasteiger partial charge in [0.05, 0.1) is 35.1 Å². The molecule has 11 heteroatoms. The highest BCUT2D eigenvalue weighted by atomic mass is 79.9. The van der Waals surface area contributed by atoms with E-state index in [2.05, 4.69) is 26.6 Å². The van der Waals surface area contributed by atoms with E-state index in [1.54, 1.807) is 23.1 Å². The van der Waals surface area contributed by atoms with Gasteiger partial charge in [-0.2, -0.15) is 0 Å². The van der Waals surface area contributed by atoms with Crippen LogP contribution < -0.4 is 10.6 Å². The highest BCUT2D eigenvalue weighted by Crippen LogP contribution is 2.41. The van der Waals surface area contributed by atoms with Gasteiger partial charge in [-0.25, -0.2) is 9.18 Å². The average Bonchev–Trinajstić information content (AvgIpc) is 3.04. The molecule has 2 N–H and O–H groups in total. The number of ether oxygens (including phenoxy) is 1. The lowest BCUT2D eigenvalue weighted by atomic mass is 9.91. The van der Waals surface area contributed by atoms with Gasteiger partial charge < -0.3 is 15.0 Å². The van der Waals surface area contributed by atoms with Gasteiger partial charge in [0.2, 0.25) is 11.8 Å². The Morgan fingerprint density at radius 2 is 1.91 bits per heavy atom. The Kier molecular flexibility index (Phi) is 9.11. The minimum absolute atomic E-state index is 0.00664. The van der Waals surface area contributed by atoms with Crippen molar-refractivity contribution in [2.75, 3.05) is 24.3 Å². The minimum Gasteiger partial charge on any atom is -0.453 e. The van der Waals surface area contributed by atoms with Crippen LogP contribution >= 0.6 is 27.5 Å². The van der Waals surface area contributed by atoms with E-state index in [9.17, 15) is 14.4 Å². The van der Waals surface area contributed by atoms with Gasteiger partial charge in [-0.1, -0.05) is 65.1 Å². The first-order valence-corrected chi connectivity index (χ1v) is 16.2. The second kappa shape index (κ2) is 13.2. The number of aromatic nitrogens is 1. The number of carbonyl (C=O) groups is 3. The van der Waals surface area contributed by atoms with Gasteiger partial charge in [0.15, 0.2) is 0 Å².